The Bertz CT molecular complexity index is 347. The van der Waals surface area contributed by atoms with Gasteiger partial charge in [0, 0.05) is 46.9 Å². The van der Waals surface area contributed by atoms with E-state index in [1.807, 2.05) is 7.05 Å². The van der Waals surface area contributed by atoms with Crippen LogP contribution in [-0.2, 0) is 4.74 Å². The number of allylic oxidation sites excluding steroid dienone is 1. The van der Waals surface area contributed by atoms with E-state index in [9.17, 15) is 0 Å². The van der Waals surface area contributed by atoms with Gasteiger partial charge in [-0.25, -0.2) is 0 Å². The fourth-order valence-corrected chi connectivity index (χ4v) is 2.65. The SMILES string of the molecule is CN=C(NCCC1=CCCCC1)NCCN(C)CCCOC.I. The van der Waals surface area contributed by atoms with Crippen LogP contribution in [0.1, 0.15) is 38.5 Å². The molecule has 0 saturated heterocycles. The highest BCUT2D eigenvalue weighted by atomic mass is 127. The van der Waals surface area contributed by atoms with Gasteiger partial charge in [0.15, 0.2) is 5.96 Å². The van der Waals surface area contributed by atoms with Crippen LogP contribution in [0.15, 0.2) is 16.6 Å². The number of guanidine groups is 1. The number of ether oxygens (including phenoxy) is 1. The quantitative estimate of drug-likeness (QED) is 0.181. The average Bonchev–Trinajstić information content (AvgIpc) is 2.54. The van der Waals surface area contributed by atoms with Crippen LogP contribution in [0, 0.1) is 0 Å². The molecule has 6 heteroatoms. The van der Waals surface area contributed by atoms with Crippen LogP contribution in [0.4, 0.5) is 0 Å². The summed E-state index contributed by atoms with van der Waals surface area (Å²) in [6.45, 7) is 4.78. The molecule has 0 aliphatic heterocycles. The van der Waals surface area contributed by atoms with Gasteiger partial charge in [0.1, 0.15) is 0 Å². The molecular weight excluding hydrogens is 403 g/mol. The van der Waals surface area contributed by atoms with Crippen LogP contribution in [0.3, 0.4) is 0 Å². The number of nitrogens with zero attached hydrogens (tertiary/aromatic N) is 2. The van der Waals surface area contributed by atoms with Crippen LogP contribution in [-0.4, -0.2) is 64.9 Å². The zero-order valence-corrected chi connectivity index (χ0v) is 17.4. The fraction of sp³-hybridized carbons (Fsp3) is 0.824. The van der Waals surface area contributed by atoms with Crippen molar-refractivity contribution >= 4 is 29.9 Å². The summed E-state index contributed by atoms with van der Waals surface area (Å²) >= 11 is 0. The van der Waals surface area contributed by atoms with E-state index in [2.05, 4.69) is 33.6 Å². The van der Waals surface area contributed by atoms with Gasteiger partial charge >= 0.3 is 0 Å². The average molecular weight is 438 g/mol. The van der Waals surface area contributed by atoms with Crippen LogP contribution < -0.4 is 10.6 Å². The van der Waals surface area contributed by atoms with Crippen molar-refractivity contribution in [1.29, 1.82) is 0 Å². The van der Waals surface area contributed by atoms with E-state index < -0.39 is 0 Å². The summed E-state index contributed by atoms with van der Waals surface area (Å²) in [5.41, 5.74) is 1.60. The molecule has 0 aromatic heterocycles. The zero-order chi connectivity index (χ0) is 16.0. The first-order valence-corrected chi connectivity index (χ1v) is 8.56. The maximum atomic E-state index is 5.07. The highest BCUT2D eigenvalue weighted by Gasteiger charge is 2.04. The van der Waals surface area contributed by atoms with Crippen LogP contribution in [0.2, 0.25) is 0 Å². The zero-order valence-electron chi connectivity index (χ0n) is 15.1. The van der Waals surface area contributed by atoms with Crippen molar-refractivity contribution < 1.29 is 4.74 Å². The Hall–Kier alpha value is -0.340. The largest absolute Gasteiger partial charge is 0.385 e. The number of rotatable bonds is 10. The van der Waals surface area contributed by atoms with Gasteiger partial charge in [0.2, 0.25) is 0 Å². The molecule has 0 heterocycles. The molecule has 0 aromatic rings. The highest BCUT2D eigenvalue weighted by Crippen LogP contribution is 2.19. The molecule has 1 aliphatic rings. The molecule has 1 aliphatic carbocycles. The molecule has 0 amide bonds. The standard InChI is InChI=1S/C17H34N4O.HI/c1-18-17(19-11-10-16-8-5-4-6-9-16)20-12-14-21(2)13-7-15-22-3;/h8H,4-7,9-15H2,1-3H3,(H2,18,19,20);1H. The third kappa shape index (κ3) is 11.8. The summed E-state index contributed by atoms with van der Waals surface area (Å²) in [7, 11) is 5.72. The predicted molar refractivity (Wildman–Crippen MR) is 110 cm³/mol. The van der Waals surface area contributed by atoms with Crippen molar-refractivity contribution in [3.63, 3.8) is 0 Å². The normalized spacial score (nSPS) is 15.1. The van der Waals surface area contributed by atoms with Crippen molar-refractivity contribution in [3.8, 4) is 0 Å². The van der Waals surface area contributed by atoms with Gasteiger partial charge in [-0.3, -0.25) is 4.99 Å². The molecule has 2 N–H and O–H groups in total. The Morgan fingerprint density at radius 2 is 2.04 bits per heavy atom. The highest BCUT2D eigenvalue weighted by molar-refractivity contribution is 14.0. The Morgan fingerprint density at radius 1 is 1.26 bits per heavy atom. The Balaban J connectivity index is 0.00000484. The second kappa shape index (κ2) is 15.2. The number of aliphatic imine (C=N–C) groups is 1. The monoisotopic (exact) mass is 438 g/mol. The van der Waals surface area contributed by atoms with Gasteiger partial charge in [0.25, 0.3) is 0 Å². The van der Waals surface area contributed by atoms with E-state index >= 15 is 0 Å². The third-order valence-corrected chi connectivity index (χ3v) is 4.02. The molecule has 0 unspecified atom stereocenters. The Labute approximate surface area is 159 Å². The number of hydrogen-bond acceptors (Lipinski definition) is 3. The summed E-state index contributed by atoms with van der Waals surface area (Å²) < 4.78 is 5.07. The van der Waals surface area contributed by atoms with E-state index in [1.54, 1.807) is 12.7 Å². The summed E-state index contributed by atoms with van der Waals surface area (Å²) in [5.74, 6) is 0.904. The van der Waals surface area contributed by atoms with Gasteiger partial charge < -0.3 is 20.3 Å². The van der Waals surface area contributed by atoms with Crippen molar-refractivity contribution in [2.45, 2.75) is 38.5 Å². The van der Waals surface area contributed by atoms with Crippen LogP contribution in [0.5, 0.6) is 0 Å². The van der Waals surface area contributed by atoms with Gasteiger partial charge in [-0.15, -0.1) is 24.0 Å². The van der Waals surface area contributed by atoms with E-state index in [1.165, 1.54) is 25.7 Å². The number of halogens is 1. The minimum absolute atomic E-state index is 0. The lowest BCUT2D eigenvalue weighted by Crippen LogP contribution is -2.41. The molecule has 0 saturated carbocycles. The first-order valence-electron chi connectivity index (χ1n) is 8.56. The Morgan fingerprint density at radius 3 is 2.70 bits per heavy atom. The molecule has 0 spiro atoms. The lowest BCUT2D eigenvalue weighted by atomic mass is 9.97. The van der Waals surface area contributed by atoms with Crippen LogP contribution in [0.25, 0.3) is 0 Å². The Kier molecular flexibility index (Phi) is 15.0. The summed E-state index contributed by atoms with van der Waals surface area (Å²) in [5, 5.41) is 6.78. The van der Waals surface area contributed by atoms with E-state index in [-0.39, 0.29) is 24.0 Å². The maximum absolute atomic E-state index is 5.07. The van der Waals surface area contributed by atoms with Gasteiger partial charge in [-0.05, 0) is 45.6 Å². The van der Waals surface area contributed by atoms with Crippen LogP contribution >= 0.6 is 24.0 Å². The molecule has 0 fully saturated rings. The van der Waals surface area contributed by atoms with Gasteiger partial charge in [0.05, 0.1) is 0 Å². The lowest BCUT2D eigenvalue weighted by Gasteiger charge is -2.18. The number of likely N-dealkylation sites (N-methyl/N-ethyl adjacent to an activating group) is 1. The third-order valence-electron chi connectivity index (χ3n) is 4.02. The molecule has 0 bridgehead atoms. The molecular formula is C17H35IN4O. The van der Waals surface area contributed by atoms with E-state index in [0.29, 0.717) is 0 Å². The van der Waals surface area contributed by atoms with Crippen molar-refractivity contribution in [2.75, 3.05) is 54.0 Å². The summed E-state index contributed by atoms with van der Waals surface area (Å²) in [6.07, 6.45) is 9.88. The fourth-order valence-electron chi connectivity index (χ4n) is 2.65. The molecule has 136 valence electrons. The maximum Gasteiger partial charge on any atom is 0.191 e. The minimum atomic E-state index is 0. The molecule has 0 atom stereocenters. The van der Waals surface area contributed by atoms with E-state index in [4.69, 9.17) is 4.74 Å². The topological polar surface area (TPSA) is 48.9 Å². The molecule has 0 radical (unpaired) electrons. The molecule has 23 heavy (non-hydrogen) atoms. The van der Waals surface area contributed by atoms with Crippen molar-refractivity contribution in [3.05, 3.63) is 11.6 Å². The van der Waals surface area contributed by atoms with E-state index in [0.717, 1.165) is 51.6 Å². The smallest absolute Gasteiger partial charge is 0.191 e. The van der Waals surface area contributed by atoms with Gasteiger partial charge in [-0.2, -0.15) is 0 Å². The molecule has 1 rings (SSSR count). The second-order valence-corrected chi connectivity index (χ2v) is 5.93. The first-order chi connectivity index (χ1) is 10.8. The lowest BCUT2D eigenvalue weighted by molar-refractivity contribution is 0.180. The summed E-state index contributed by atoms with van der Waals surface area (Å²) in [6, 6.07) is 0. The van der Waals surface area contributed by atoms with Gasteiger partial charge in [-0.1, -0.05) is 11.6 Å². The molecule has 5 nitrogen and oxygen atoms in total. The van der Waals surface area contributed by atoms with Crippen molar-refractivity contribution in [1.82, 2.24) is 15.5 Å². The number of nitrogens with one attached hydrogen (secondary N) is 2. The minimum Gasteiger partial charge on any atom is -0.385 e. The molecule has 0 aromatic carbocycles. The first kappa shape index (κ1) is 22.7. The summed E-state index contributed by atoms with van der Waals surface area (Å²) in [4.78, 5) is 6.59. The number of methoxy groups -OCH3 is 1. The number of hydrogen-bond donors (Lipinski definition) is 2. The predicted octanol–water partition coefficient (Wildman–Crippen LogP) is 2.63. The second-order valence-electron chi connectivity index (χ2n) is 5.93. The van der Waals surface area contributed by atoms with Crippen molar-refractivity contribution in [2.24, 2.45) is 4.99 Å².